The summed E-state index contributed by atoms with van der Waals surface area (Å²) >= 11 is 0. The van der Waals surface area contributed by atoms with Gasteiger partial charge in [-0.05, 0) is 43.7 Å². The highest BCUT2D eigenvalue weighted by atomic mass is 15.2. The second kappa shape index (κ2) is 8.62. The van der Waals surface area contributed by atoms with Gasteiger partial charge >= 0.3 is 0 Å². The summed E-state index contributed by atoms with van der Waals surface area (Å²) < 4.78 is 0. The van der Waals surface area contributed by atoms with E-state index < -0.39 is 0 Å². The third-order valence-electron chi connectivity index (χ3n) is 4.30. The molecule has 1 heterocycles. The Bertz CT molecular complexity index is 643. The molecule has 5 heteroatoms. The predicted octanol–water partition coefficient (Wildman–Crippen LogP) is 4.65. The minimum absolute atomic E-state index is 0.383. The van der Waals surface area contributed by atoms with Gasteiger partial charge in [0.1, 0.15) is 5.82 Å². The standard InChI is InChI=1S/C19H29N5/c1-6-14-11-10-12-15(7-2)17(14)23-19-21-13(5)20-18(24-19)22-16(8-3)9-4/h10-12,16H,6-9H2,1-5H3,(H2,20,21,22,23,24). The first-order valence-electron chi connectivity index (χ1n) is 8.98. The van der Waals surface area contributed by atoms with E-state index in [4.69, 9.17) is 0 Å². The molecule has 0 unspecified atom stereocenters. The lowest BCUT2D eigenvalue weighted by atomic mass is 10.0. The summed E-state index contributed by atoms with van der Waals surface area (Å²) in [5.74, 6) is 1.96. The maximum Gasteiger partial charge on any atom is 0.232 e. The van der Waals surface area contributed by atoms with Gasteiger partial charge in [-0.3, -0.25) is 0 Å². The van der Waals surface area contributed by atoms with Gasteiger partial charge < -0.3 is 10.6 Å². The van der Waals surface area contributed by atoms with Crippen LogP contribution in [-0.2, 0) is 12.8 Å². The average Bonchev–Trinajstić information content (AvgIpc) is 2.59. The summed E-state index contributed by atoms with van der Waals surface area (Å²) in [7, 11) is 0. The molecule has 2 rings (SSSR count). The zero-order chi connectivity index (χ0) is 17.5. The molecule has 0 aliphatic rings. The molecule has 1 aromatic heterocycles. The molecule has 5 nitrogen and oxygen atoms in total. The molecule has 0 fully saturated rings. The van der Waals surface area contributed by atoms with Crippen molar-refractivity contribution in [3.05, 3.63) is 35.2 Å². The van der Waals surface area contributed by atoms with Crippen molar-refractivity contribution in [2.24, 2.45) is 0 Å². The number of para-hydroxylation sites is 1. The molecule has 24 heavy (non-hydrogen) atoms. The monoisotopic (exact) mass is 327 g/mol. The van der Waals surface area contributed by atoms with Crippen molar-refractivity contribution in [2.45, 2.75) is 66.3 Å². The van der Waals surface area contributed by atoms with Gasteiger partial charge in [-0.1, -0.05) is 45.9 Å². The van der Waals surface area contributed by atoms with Crippen LogP contribution in [0.15, 0.2) is 18.2 Å². The van der Waals surface area contributed by atoms with Gasteiger partial charge in [-0.15, -0.1) is 0 Å². The SMILES string of the molecule is CCc1cccc(CC)c1Nc1nc(C)nc(NC(CC)CC)n1. The fraction of sp³-hybridized carbons (Fsp3) is 0.526. The number of aryl methyl sites for hydroxylation is 3. The van der Waals surface area contributed by atoms with Crippen LogP contribution in [0.2, 0.25) is 0 Å². The van der Waals surface area contributed by atoms with Crippen LogP contribution in [0.25, 0.3) is 0 Å². The Labute approximate surface area is 145 Å². The van der Waals surface area contributed by atoms with Gasteiger partial charge in [0.25, 0.3) is 0 Å². The summed E-state index contributed by atoms with van der Waals surface area (Å²) in [6.07, 6.45) is 4.03. The molecule has 2 N–H and O–H groups in total. The lowest BCUT2D eigenvalue weighted by Gasteiger charge is -2.17. The molecule has 0 saturated carbocycles. The zero-order valence-corrected chi connectivity index (χ0v) is 15.5. The van der Waals surface area contributed by atoms with Crippen LogP contribution in [0.4, 0.5) is 17.6 Å². The first-order valence-corrected chi connectivity index (χ1v) is 8.98. The normalized spacial score (nSPS) is 10.9. The van der Waals surface area contributed by atoms with Crippen molar-refractivity contribution < 1.29 is 0 Å². The number of anilines is 3. The minimum Gasteiger partial charge on any atom is -0.351 e. The molecule has 0 amide bonds. The Balaban J connectivity index is 2.32. The van der Waals surface area contributed by atoms with Gasteiger partial charge in [-0.2, -0.15) is 15.0 Å². The highest BCUT2D eigenvalue weighted by Gasteiger charge is 2.11. The maximum atomic E-state index is 4.57. The smallest absolute Gasteiger partial charge is 0.232 e. The zero-order valence-electron chi connectivity index (χ0n) is 15.5. The highest BCUT2D eigenvalue weighted by Crippen LogP contribution is 2.25. The predicted molar refractivity (Wildman–Crippen MR) is 101 cm³/mol. The first kappa shape index (κ1) is 18.2. The Morgan fingerprint density at radius 2 is 1.46 bits per heavy atom. The molecule has 0 radical (unpaired) electrons. The van der Waals surface area contributed by atoms with Crippen molar-refractivity contribution >= 4 is 17.6 Å². The van der Waals surface area contributed by atoms with Crippen LogP contribution < -0.4 is 10.6 Å². The van der Waals surface area contributed by atoms with E-state index >= 15 is 0 Å². The number of nitrogens with zero attached hydrogens (tertiary/aromatic N) is 3. The average molecular weight is 327 g/mol. The third kappa shape index (κ3) is 4.43. The van der Waals surface area contributed by atoms with Crippen LogP contribution in [0.5, 0.6) is 0 Å². The lowest BCUT2D eigenvalue weighted by molar-refractivity contribution is 0.663. The molecule has 0 atom stereocenters. The summed E-state index contributed by atoms with van der Waals surface area (Å²) in [6.45, 7) is 10.6. The number of rotatable bonds is 8. The second-order valence-corrected chi connectivity index (χ2v) is 5.97. The van der Waals surface area contributed by atoms with Crippen LogP contribution in [0.3, 0.4) is 0 Å². The molecule has 0 aliphatic heterocycles. The summed E-state index contributed by atoms with van der Waals surface area (Å²) in [4.78, 5) is 13.5. The van der Waals surface area contributed by atoms with E-state index in [9.17, 15) is 0 Å². The molecule has 1 aromatic carbocycles. The number of hydrogen-bond acceptors (Lipinski definition) is 5. The van der Waals surface area contributed by atoms with Crippen molar-refractivity contribution in [2.75, 3.05) is 10.6 Å². The van der Waals surface area contributed by atoms with Crippen LogP contribution in [0, 0.1) is 6.92 Å². The molecule has 130 valence electrons. The fourth-order valence-corrected chi connectivity index (χ4v) is 2.79. The van der Waals surface area contributed by atoms with Gasteiger partial charge in [0.15, 0.2) is 0 Å². The van der Waals surface area contributed by atoms with Gasteiger partial charge in [0.2, 0.25) is 11.9 Å². The molecule has 2 aromatic rings. The summed E-state index contributed by atoms with van der Waals surface area (Å²) in [5.41, 5.74) is 3.69. The Kier molecular flexibility index (Phi) is 6.53. The topological polar surface area (TPSA) is 62.7 Å². The second-order valence-electron chi connectivity index (χ2n) is 5.97. The van der Waals surface area contributed by atoms with Crippen molar-refractivity contribution in [3.8, 4) is 0 Å². The number of aromatic nitrogens is 3. The van der Waals surface area contributed by atoms with E-state index in [0.717, 1.165) is 31.4 Å². The number of benzene rings is 1. The van der Waals surface area contributed by atoms with Crippen molar-refractivity contribution in [3.63, 3.8) is 0 Å². The highest BCUT2D eigenvalue weighted by molar-refractivity contribution is 5.64. The van der Waals surface area contributed by atoms with E-state index in [1.54, 1.807) is 0 Å². The van der Waals surface area contributed by atoms with Gasteiger partial charge in [0.05, 0.1) is 0 Å². The Morgan fingerprint density at radius 3 is 2.00 bits per heavy atom. The van der Waals surface area contributed by atoms with Crippen LogP contribution in [-0.4, -0.2) is 21.0 Å². The molecular weight excluding hydrogens is 298 g/mol. The molecule has 0 saturated heterocycles. The molecular formula is C19H29N5. The summed E-state index contributed by atoms with van der Waals surface area (Å²) in [6, 6.07) is 6.80. The van der Waals surface area contributed by atoms with Crippen LogP contribution in [0.1, 0.15) is 57.5 Å². The fourth-order valence-electron chi connectivity index (χ4n) is 2.79. The molecule has 0 spiro atoms. The maximum absolute atomic E-state index is 4.57. The van der Waals surface area contributed by atoms with E-state index in [1.165, 1.54) is 11.1 Å². The van der Waals surface area contributed by atoms with Crippen LogP contribution >= 0.6 is 0 Å². The van der Waals surface area contributed by atoms with E-state index in [1.807, 2.05) is 6.92 Å². The number of nitrogens with one attached hydrogen (secondary N) is 2. The van der Waals surface area contributed by atoms with Crippen molar-refractivity contribution in [1.29, 1.82) is 0 Å². The quantitative estimate of drug-likeness (QED) is 0.739. The van der Waals surface area contributed by atoms with Crippen molar-refractivity contribution in [1.82, 2.24) is 15.0 Å². The van der Waals surface area contributed by atoms with Gasteiger partial charge in [-0.25, -0.2) is 0 Å². The Morgan fingerprint density at radius 1 is 0.875 bits per heavy atom. The lowest BCUT2D eigenvalue weighted by Crippen LogP contribution is -2.20. The van der Waals surface area contributed by atoms with Gasteiger partial charge in [0, 0.05) is 11.7 Å². The van der Waals surface area contributed by atoms with E-state index in [-0.39, 0.29) is 0 Å². The molecule has 0 aliphatic carbocycles. The minimum atomic E-state index is 0.383. The Hall–Kier alpha value is -2.17. The largest absolute Gasteiger partial charge is 0.351 e. The van der Waals surface area contributed by atoms with E-state index in [2.05, 4.69) is 71.5 Å². The first-order chi connectivity index (χ1) is 11.6. The summed E-state index contributed by atoms with van der Waals surface area (Å²) in [5, 5.41) is 6.83. The number of hydrogen-bond donors (Lipinski definition) is 2. The third-order valence-corrected chi connectivity index (χ3v) is 4.30. The molecule has 0 bridgehead atoms. The van der Waals surface area contributed by atoms with E-state index in [0.29, 0.717) is 23.8 Å².